The molecule has 0 aliphatic carbocycles. The summed E-state index contributed by atoms with van der Waals surface area (Å²) >= 11 is 0. The fraction of sp³-hybridized carbons (Fsp3) is 0.143. The van der Waals surface area contributed by atoms with E-state index in [1.807, 2.05) is 0 Å². The fourth-order valence-corrected chi connectivity index (χ4v) is 2.45. The summed E-state index contributed by atoms with van der Waals surface area (Å²) in [5.41, 5.74) is 1.22. The standard InChI is InChI=1S/C14H15N3O3S/c1-15-21(19,20)13-6-3-11(4-7-13)14(18)8-5-12-9-10-16-17(12)2/h3-10,15H,1-2H3/b8-5-. The Morgan fingerprint density at radius 1 is 1.24 bits per heavy atom. The third kappa shape index (κ3) is 3.45. The first-order chi connectivity index (χ1) is 9.94. The van der Waals surface area contributed by atoms with Crippen molar-refractivity contribution < 1.29 is 13.2 Å². The number of aryl methyl sites for hydroxylation is 1. The lowest BCUT2D eigenvalue weighted by Gasteiger charge is -2.02. The highest BCUT2D eigenvalue weighted by Crippen LogP contribution is 2.11. The first-order valence-electron chi connectivity index (χ1n) is 6.18. The van der Waals surface area contributed by atoms with E-state index in [-0.39, 0.29) is 10.7 Å². The van der Waals surface area contributed by atoms with Gasteiger partial charge in [0.15, 0.2) is 5.78 Å². The zero-order valence-electron chi connectivity index (χ0n) is 11.6. The van der Waals surface area contributed by atoms with E-state index in [2.05, 4.69) is 9.82 Å². The molecule has 2 aromatic rings. The zero-order valence-corrected chi connectivity index (χ0v) is 12.5. The number of nitrogens with zero attached hydrogens (tertiary/aromatic N) is 2. The van der Waals surface area contributed by atoms with E-state index in [1.54, 1.807) is 30.1 Å². The summed E-state index contributed by atoms with van der Waals surface area (Å²) in [6.45, 7) is 0. The molecule has 0 amide bonds. The van der Waals surface area contributed by atoms with Gasteiger partial charge in [0.1, 0.15) is 0 Å². The Balaban J connectivity index is 2.18. The van der Waals surface area contributed by atoms with Gasteiger partial charge in [-0.15, -0.1) is 0 Å². The van der Waals surface area contributed by atoms with E-state index in [9.17, 15) is 13.2 Å². The van der Waals surface area contributed by atoms with Gasteiger partial charge < -0.3 is 0 Å². The molecular weight excluding hydrogens is 290 g/mol. The predicted molar refractivity (Wildman–Crippen MR) is 79.3 cm³/mol. The molecule has 0 bridgehead atoms. The molecule has 0 fully saturated rings. The fourth-order valence-electron chi connectivity index (χ4n) is 1.72. The number of rotatable bonds is 5. The topological polar surface area (TPSA) is 81.1 Å². The van der Waals surface area contributed by atoms with Crippen LogP contribution in [-0.4, -0.2) is 31.0 Å². The molecule has 7 heteroatoms. The number of hydrogen-bond donors (Lipinski definition) is 1. The van der Waals surface area contributed by atoms with Crippen LogP contribution >= 0.6 is 0 Å². The number of nitrogens with one attached hydrogen (secondary N) is 1. The summed E-state index contributed by atoms with van der Waals surface area (Å²) in [5, 5.41) is 4.00. The van der Waals surface area contributed by atoms with E-state index in [0.717, 1.165) is 5.69 Å². The highest BCUT2D eigenvalue weighted by Gasteiger charge is 2.11. The Morgan fingerprint density at radius 2 is 1.90 bits per heavy atom. The van der Waals surface area contributed by atoms with Crippen LogP contribution in [0.1, 0.15) is 16.1 Å². The summed E-state index contributed by atoms with van der Waals surface area (Å²) < 4.78 is 27.0. The van der Waals surface area contributed by atoms with Gasteiger partial charge in [-0.05, 0) is 49.5 Å². The van der Waals surface area contributed by atoms with Crippen molar-refractivity contribution in [3.63, 3.8) is 0 Å². The lowest BCUT2D eigenvalue weighted by atomic mass is 10.1. The van der Waals surface area contributed by atoms with Gasteiger partial charge in [-0.1, -0.05) is 0 Å². The summed E-state index contributed by atoms with van der Waals surface area (Å²) in [4.78, 5) is 12.1. The molecule has 1 heterocycles. The maximum absolute atomic E-state index is 12.0. The van der Waals surface area contributed by atoms with Gasteiger partial charge in [0, 0.05) is 18.8 Å². The highest BCUT2D eigenvalue weighted by atomic mass is 32.2. The summed E-state index contributed by atoms with van der Waals surface area (Å²) in [6.07, 6.45) is 4.73. The van der Waals surface area contributed by atoms with Crippen molar-refractivity contribution in [1.82, 2.24) is 14.5 Å². The molecule has 0 atom stereocenters. The number of benzene rings is 1. The predicted octanol–water partition coefficient (Wildman–Crippen LogP) is 1.22. The van der Waals surface area contributed by atoms with Crippen LogP contribution in [0.4, 0.5) is 0 Å². The van der Waals surface area contributed by atoms with Crippen LogP contribution in [0.25, 0.3) is 6.08 Å². The number of carbonyl (C=O) groups excluding carboxylic acids is 1. The molecule has 21 heavy (non-hydrogen) atoms. The quantitative estimate of drug-likeness (QED) is 0.665. The van der Waals surface area contributed by atoms with Crippen molar-refractivity contribution in [2.45, 2.75) is 4.90 Å². The van der Waals surface area contributed by atoms with Crippen LogP contribution in [0.5, 0.6) is 0 Å². The third-order valence-corrected chi connectivity index (χ3v) is 4.41. The Labute approximate surface area is 123 Å². The number of allylic oxidation sites excluding steroid dienone is 1. The SMILES string of the molecule is CNS(=O)(=O)c1ccc(C(=O)/C=C\c2ccnn2C)cc1. The zero-order chi connectivity index (χ0) is 15.5. The van der Waals surface area contributed by atoms with Gasteiger partial charge in [0.05, 0.1) is 10.6 Å². The second-order valence-electron chi connectivity index (χ2n) is 4.31. The Hall–Kier alpha value is -2.25. The first kappa shape index (κ1) is 15.1. The van der Waals surface area contributed by atoms with Crippen molar-refractivity contribution in [2.75, 3.05) is 7.05 Å². The number of aromatic nitrogens is 2. The van der Waals surface area contributed by atoms with Gasteiger partial charge in [0.2, 0.25) is 10.0 Å². The van der Waals surface area contributed by atoms with E-state index in [1.165, 1.54) is 37.4 Å². The normalized spacial score (nSPS) is 11.9. The number of sulfonamides is 1. The molecule has 0 unspecified atom stereocenters. The van der Waals surface area contributed by atoms with Gasteiger partial charge in [-0.3, -0.25) is 9.48 Å². The van der Waals surface area contributed by atoms with E-state index in [4.69, 9.17) is 0 Å². The molecule has 0 aliphatic heterocycles. The largest absolute Gasteiger partial charge is 0.289 e. The second kappa shape index (κ2) is 6.02. The van der Waals surface area contributed by atoms with Crippen LogP contribution in [0.2, 0.25) is 0 Å². The molecule has 1 N–H and O–H groups in total. The average molecular weight is 305 g/mol. The lowest BCUT2D eigenvalue weighted by Crippen LogP contribution is -2.18. The van der Waals surface area contributed by atoms with Crippen LogP contribution < -0.4 is 4.72 Å². The minimum atomic E-state index is -3.48. The monoisotopic (exact) mass is 305 g/mol. The summed E-state index contributed by atoms with van der Waals surface area (Å²) in [7, 11) is -0.367. The van der Waals surface area contributed by atoms with Gasteiger partial charge >= 0.3 is 0 Å². The Kier molecular flexibility index (Phi) is 4.35. The van der Waals surface area contributed by atoms with E-state index in [0.29, 0.717) is 5.56 Å². The molecular formula is C14H15N3O3S. The molecule has 1 aromatic heterocycles. The van der Waals surface area contributed by atoms with Gasteiger partial charge in [0.25, 0.3) is 0 Å². The average Bonchev–Trinajstić information content (AvgIpc) is 2.90. The summed E-state index contributed by atoms with van der Waals surface area (Å²) in [5.74, 6) is -0.204. The minimum absolute atomic E-state index is 0.122. The summed E-state index contributed by atoms with van der Waals surface area (Å²) in [6, 6.07) is 7.56. The van der Waals surface area contributed by atoms with Crippen molar-refractivity contribution >= 4 is 21.9 Å². The van der Waals surface area contributed by atoms with Crippen molar-refractivity contribution in [3.05, 3.63) is 53.9 Å². The van der Waals surface area contributed by atoms with Crippen molar-refractivity contribution in [1.29, 1.82) is 0 Å². The molecule has 6 nitrogen and oxygen atoms in total. The molecule has 1 aromatic carbocycles. The maximum Gasteiger partial charge on any atom is 0.240 e. The van der Waals surface area contributed by atoms with Crippen LogP contribution in [0.3, 0.4) is 0 Å². The van der Waals surface area contributed by atoms with E-state index < -0.39 is 10.0 Å². The van der Waals surface area contributed by atoms with E-state index >= 15 is 0 Å². The van der Waals surface area contributed by atoms with Crippen LogP contribution in [-0.2, 0) is 17.1 Å². The molecule has 110 valence electrons. The van der Waals surface area contributed by atoms with Crippen molar-refractivity contribution in [2.24, 2.45) is 7.05 Å². The van der Waals surface area contributed by atoms with Crippen LogP contribution in [0.15, 0.2) is 47.5 Å². The Bertz CT molecular complexity index is 774. The minimum Gasteiger partial charge on any atom is -0.289 e. The second-order valence-corrected chi connectivity index (χ2v) is 6.20. The molecule has 0 spiro atoms. The highest BCUT2D eigenvalue weighted by molar-refractivity contribution is 7.89. The first-order valence-corrected chi connectivity index (χ1v) is 7.66. The Morgan fingerprint density at radius 3 is 2.43 bits per heavy atom. The number of carbonyl (C=O) groups is 1. The van der Waals surface area contributed by atoms with Crippen LogP contribution in [0, 0.1) is 0 Å². The number of hydrogen-bond acceptors (Lipinski definition) is 4. The van der Waals surface area contributed by atoms with Gasteiger partial charge in [-0.25, -0.2) is 13.1 Å². The number of ketones is 1. The smallest absolute Gasteiger partial charge is 0.240 e. The maximum atomic E-state index is 12.0. The third-order valence-electron chi connectivity index (χ3n) is 2.98. The van der Waals surface area contributed by atoms with Crippen molar-refractivity contribution in [3.8, 4) is 0 Å². The molecule has 2 rings (SSSR count). The molecule has 0 radical (unpaired) electrons. The lowest BCUT2D eigenvalue weighted by molar-refractivity contribution is 0.104. The molecule has 0 saturated carbocycles. The molecule has 0 aliphatic rings. The molecule has 0 saturated heterocycles. The van der Waals surface area contributed by atoms with Gasteiger partial charge in [-0.2, -0.15) is 5.10 Å².